The normalized spacial score (nSPS) is 10.9. The van der Waals surface area contributed by atoms with E-state index in [1.807, 2.05) is 42.6 Å². The molecule has 0 unspecified atom stereocenters. The van der Waals surface area contributed by atoms with Gasteiger partial charge in [0, 0.05) is 16.1 Å². The number of nitrogens with one attached hydrogen (secondary N) is 1. The van der Waals surface area contributed by atoms with Crippen LogP contribution < -0.4 is 10.9 Å². The van der Waals surface area contributed by atoms with Crippen LogP contribution in [0.4, 0.5) is 5.69 Å². The lowest BCUT2D eigenvalue weighted by molar-refractivity contribution is -0.117. The third-order valence-corrected chi connectivity index (χ3v) is 5.49. The molecule has 2 aromatic heterocycles. The number of hydrogen-bond donors (Lipinski definition) is 1. The van der Waals surface area contributed by atoms with Gasteiger partial charge in [-0.05, 0) is 48.2 Å². The lowest BCUT2D eigenvalue weighted by Crippen LogP contribution is -2.30. The number of nitrogens with zero attached hydrogens (tertiary/aromatic N) is 2. The molecule has 7 heteroatoms. The van der Waals surface area contributed by atoms with Crippen molar-refractivity contribution < 1.29 is 4.79 Å². The van der Waals surface area contributed by atoms with Crippen LogP contribution in [0.3, 0.4) is 0 Å². The van der Waals surface area contributed by atoms with Crippen molar-refractivity contribution in [2.24, 2.45) is 0 Å². The van der Waals surface area contributed by atoms with E-state index in [4.69, 9.17) is 11.6 Å². The maximum Gasteiger partial charge on any atom is 0.275 e. The number of rotatable bonds is 4. The van der Waals surface area contributed by atoms with E-state index < -0.39 is 0 Å². The Bertz CT molecular complexity index is 1230. The third-order valence-electron chi connectivity index (χ3n) is 4.38. The second-order valence-corrected chi connectivity index (χ2v) is 7.73. The first-order valence-electron chi connectivity index (χ1n) is 8.62. The Labute approximate surface area is 170 Å². The smallest absolute Gasteiger partial charge is 0.275 e. The van der Waals surface area contributed by atoms with Crippen LogP contribution in [0, 0.1) is 6.92 Å². The Hall–Kier alpha value is -2.96. The largest absolute Gasteiger partial charge is 0.324 e. The number of hydrogen-bond acceptors (Lipinski definition) is 4. The van der Waals surface area contributed by atoms with Crippen molar-refractivity contribution in [3.63, 3.8) is 0 Å². The van der Waals surface area contributed by atoms with Crippen molar-refractivity contribution in [3.05, 3.63) is 80.9 Å². The molecule has 28 heavy (non-hydrogen) atoms. The minimum atomic E-state index is -0.326. The van der Waals surface area contributed by atoms with Crippen LogP contribution >= 0.6 is 22.9 Å². The van der Waals surface area contributed by atoms with Crippen molar-refractivity contribution in [1.82, 2.24) is 9.78 Å². The van der Waals surface area contributed by atoms with Crippen LogP contribution in [-0.2, 0) is 11.3 Å². The molecule has 5 nitrogen and oxygen atoms in total. The summed E-state index contributed by atoms with van der Waals surface area (Å²) in [5.74, 6) is -0.326. The summed E-state index contributed by atoms with van der Waals surface area (Å²) in [4.78, 5) is 26.4. The molecule has 140 valence electrons. The molecule has 1 N–H and O–H groups in total. The van der Waals surface area contributed by atoms with Crippen molar-refractivity contribution in [3.8, 4) is 10.6 Å². The summed E-state index contributed by atoms with van der Waals surface area (Å²) in [6.07, 6.45) is 0. The van der Waals surface area contributed by atoms with Gasteiger partial charge in [0.15, 0.2) is 0 Å². The first kappa shape index (κ1) is 18.4. The van der Waals surface area contributed by atoms with Crippen LogP contribution in [-0.4, -0.2) is 15.7 Å². The van der Waals surface area contributed by atoms with E-state index in [1.54, 1.807) is 24.3 Å². The Balaban J connectivity index is 1.71. The molecule has 0 spiro atoms. The molecule has 0 aliphatic heterocycles. The Kier molecular flexibility index (Phi) is 4.98. The van der Waals surface area contributed by atoms with Crippen molar-refractivity contribution in [2.45, 2.75) is 13.5 Å². The second-order valence-electron chi connectivity index (χ2n) is 6.34. The maximum atomic E-state index is 12.9. The number of aryl methyl sites for hydroxylation is 1. The van der Waals surface area contributed by atoms with Gasteiger partial charge >= 0.3 is 0 Å². The van der Waals surface area contributed by atoms with E-state index in [0.29, 0.717) is 21.8 Å². The monoisotopic (exact) mass is 409 g/mol. The van der Waals surface area contributed by atoms with Gasteiger partial charge in [0.1, 0.15) is 12.2 Å². The summed E-state index contributed by atoms with van der Waals surface area (Å²) in [6, 6.07) is 16.4. The fraction of sp³-hybridized carbons (Fsp3) is 0.0952. The Morgan fingerprint density at radius 3 is 2.64 bits per heavy atom. The predicted molar refractivity (Wildman–Crippen MR) is 114 cm³/mol. The van der Waals surface area contributed by atoms with Gasteiger partial charge in [-0.3, -0.25) is 9.59 Å². The molecule has 0 aliphatic rings. The number of halogens is 1. The van der Waals surface area contributed by atoms with Gasteiger partial charge in [-0.25, -0.2) is 4.68 Å². The summed E-state index contributed by atoms with van der Waals surface area (Å²) < 4.78 is 1.22. The zero-order chi connectivity index (χ0) is 19.7. The molecule has 0 fully saturated rings. The number of carbonyl (C=O) groups excluding carboxylic acids is 1. The zero-order valence-corrected chi connectivity index (χ0v) is 16.6. The number of benzene rings is 2. The molecule has 0 bridgehead atoms. The molecule has 4 rings (SSSR count). The number of anilines is 1. The quantitative estimate of drug-likeness (QED) is 0.530. The highest BCUT2D eigenvalue weighted by Gasteiger charge is 2.15. The molecule has 0 radical (unpaired) electrons. The van der Waals surface area contributed by atoms with E-state index in [0.717, 1.165) is 15.8 Å². The van der Waals surface area contributed by atoms with E-state index >= 15 is 0 Å². The lowest BCUT2D eigenvalue weighted by Gasteiger charge is -2.12. The van der Waals surface area contributed by atoms with Gasteiger partial charge in [0.25, 0.3) is 5.56 Å². The third kappa shape index (κ3) is 3.56. The molecule has 0 saturated heterocycles. The van der Waals surface area contributed by atoms with E-state index in [9.17, 15) is 9.59 Å². The van der Waals surface area contributed by atoms with E-state index in [-0.39, 0.29) is 18.0 Å². The van der Waals surface area contributed by atoms with Crippen LogP contribution in [0.15, 0.2) is 64.8 Å². The minimum absolute atomic E-state index is 0.176. The van der Waals surface area contributed by atoms with E-state index in [1.165, 1.54) is 16.0 Å². The zero-order valence-electron chi connectivity index (χ0n) is 15.0. The van der Waals surface area contributed by atoms with Crippen molar-refractivity contribution in [1.29, 1.82) is 0 Å². The second kappa shape index (κ2) is 7.58. The van der Waals surface area contributed by atoms with Crippen LogP contribution in [0.2, 0.25) is 5.02 Å². The van der Waals surface area contributed by atoms with Crippen LogP contribution in [0.25, 0.3) is 21.3 Å². The lowest BCUT2D eigenvalue weighted by atomic mass is 10.1. The van der Waals surface area contributed by atoms with Crippen LogP contribution in [0.5, 0.6) is 0 Å². The van der Waals surface area contributed by atoms with Crippen LogP contribution in [0.1, 0.15) is 5.56 Å². The average molecular weight is 410 g/mol. The molecular weight excluding hydrogens is 394 g/mol. The first-order chi connectivity index (χ1) is 13.5. The van der Waals surface area contributed by atoms with Gasteiger partial charge in [-0.2, -0.15) is 5.10 Å². The molecule has 1 amide bonds. The number of fused-ring (bicyclic) bond motifs is 1. The molecule has 0 atom stereocenters. The van der Waals surface area contributed by atoms with Gasteiger partial charge in [-0.1, -0.05) is 35.9 Å². The summed E-state index contributed by atoms with van der Waals surface area (Å²) >= 11 is 7.50. The fourth-order valence-corrected chi connectivity index (χ4v) is 3.98. The topological polar surface area (TPSA) is 64.0 Å². The molecule has 2 aromatic carbocycles. The Morgan fingerprint density at radius 2 is 1.93 bits per heavy atom. The number of aromatic nitrogens is 2. The maximum absolute atomic E-state index is 12.9. The molecule has 2 heterocycles. The summed E-state index contributed by atoms with van der Waals surface area (Å²) in [5, 5.41) is 11.2. The summed E-state index contributed by atoms with van der Waals surface area (Å²) in [7, 11) is 0. The van der Waals surface area contributed by atoms with Gasteiger partial charge < -0.3 is 5.32 Å². The number of amides is 1. The SMILES string of the molecule is Cc1cc(Cl)ccc1NC(=O)Cn1nc(-c2cccs2)c2ccccc2c1=O. The number of thiophene rings is 1. The fourth-order valence-electron chi connectivity index (χ4n) is 3.03. The minimum Gasteiger partial charge on any atom is -0.324 e. The summed E-state index contributed by atoms with van der Waals surface area (Å²) in [5.41, 5.74) is 1.90. The van der Waals surface area contributed by atoms with Crippen molar-refractivity contribution in [2.75, 3.05) is 5.32 Å². The highest BCUT2D eigenvalue weighted by Crippen LogP contribution is 2.28. The average Bonchev–Trinajstić information content (AvgIpc) is 3.21. The van der Waals surface area contributed by atoms with Crippen molar-refractivity contribution >= 4 is 45.3 Å². The summed E-state index contributed by atoms with van der Waals surface area (Å²) in [6.45, 7) is 1.68. The highest BCUT2D eigenvalue weighted by molar-refractivity contribution is 7.13. The molecule has 0 saturated carbocycles. The first-order valence-corrected chi connectivity index (χ1v) is 9.88. The van der Waals surface area contributed by atoms with E-state index in [2.05, 4.69) is 10.4 Å². The number of carbonyl (C=O) groups is 1. The van der Waals surface area contributed by atoms with Gasteiger partial charge in [0.2, 0.25) is 5.91 Å². The molecule has 0 aliphatic carbocycles. The molecule has 4 aromatic rings. The molecular formula is C21H16ClN3O2S. The Morgan fingerprint density at radius 1 is 1.14 bits per heavy atom. The van der Waals surface area contributed by atoms with Gasteiger partial charge in [0.05, 0.1) is 10.3 Å². The standard InChI is InChI=1S/C21H16ClN3O2S/c1-13-11-14(22)8-9-17(13)23-19(26)12-25-21(27)16-6-3-2-5-15(16)20(24-25)18-7-4-10-28-18/h2-11H,12H2,1H3,(H,23,26). The predicted octanol–water partition coefficient (Wildman–Crippen LogP) is 4.73. The highest BCUT2D eigenvalue weighted by atomic mass is 35.5. The van der Waals surface area contributed by atoms with Gasteiger partial charge in [-0.15, -0.1) is 11.3 Å².